The summed E-state index contributed by atoms with van der Waals surface area (Å²) in [5.74, 6) is 0. The summed E-state index contributed by atoms with van der Waals surface area (Å²) < 4.78 is 6.34. The van der Waals surface area contributed by atoms with Crippen molar-refractivity contribution in [2.45, 2.75) is 45.8 Å². The molecule has 2 aromatic rings. The number of anilines is 1. The lowest BCUT2D eigenvalue weighted by Gasteiger charge is -2.37. The second-order valence-corrected chi connectivity index (χ2v) is 13.9. The molecule has 0 atom stereocenters. The molecule has 142 valence electrons. The van der Waals surface area contributed by atoms with Gasteiger partial charge in [-0.2, -0.15) is 0 Å². The molecular weight excluding hydrogens is 354 g/mol. The van der Waals surface area contributed by atoms with E-state index in [4.69, 9.17) is 4.43 Å². The molecule has 1 heterocycles. The van der Waals surface area contributed by atoms with Crippen molar-refractivity contribution in [3.8, 4) is 0 Å². The Morgan fingerprint density at radius 3 is 2.31 bits per heavy atom. The first-order chi connectivity index (χ1) is 12.2. The number of likely N-dealkylation sites (N-methyl/N-ethyl adjacent to an activating group) is 1. The van der Waals surface area contributed by atoms with Crippen LogP contribution in [0.25, 0.3) is 12.2 Å². The van der Waals surface area contributed by atoms with Crippen LogP contribution in [0.15, 0.2) is 41.8 Å². The van der Waals surface area contributed by atoms with E-state index in [1.54, 1.807) is 11.3 Å². The van der Waals surface area contributed by atoms with Crippen LogP contribution < -0.4 is 4.90 Å². The maximum atomic E-state index is 6.34. The highest BCUT2D eigenvalue weighted by molar-refractivity contribution is 7.10. The van der Waals surface area contributed by atoms with Crippen LogP contribution in [-0.2, 0) is 4.43 Å². The first kappa shape index (κ1) is 20.9. The standard InChI is InChI=1S/C22H33NOSSi/c1-7-23(16-17-24-26(5,6)22(2,3)4)20-13-10-19(11-14-20)12-15-21-9-8-18-25-21/h8-15,18H,7,16-17H2,1-6H3/b15-12+. The molecule has 0 fully saturated rings. The zero-order valence-corrected chi connectivity index (χ0v) is 18.9. The van der Waals surface area contributed by atoms with E-state index in [1.165, 1.54) is 16.1 Å². The molecule has 4 heteroatoms. The van der Waals surface area contributed by atoms with Crippen LogP contribution in [0.2, 0.25) is 18.1 Å². The molecule has 0 N–H and O–H groups in total. The number of hydrogen-bond acceptors (Lipinski definition) is 3. The predicted octanol–water partition coefficient (Wildman–Crippen LogP) is 6.77. The average Bonchev–Trinajstić information content (AvgIpc) is 3.10. The van der Waals surface area contributed by atoms with Gasteiger partial charge in [-0.1, -0.05) is 45.0 Å². The van der Waals surface area contributed by atoms with Gasteiger partial charge in [-0.3, -0.25) is 0 Å². The summed E-state index contributed by atoms with van der Waals surface area (Å²) in [4.78, 5) is 3.67. The molecule has 0 aliphatic carbocycles. The van der Waals surface area contributed by atoms with Crippen molar-refractivity contribution in [1.29, 1.82) is 0 Å². The molecule has 2 nitrogen and oxygen atoms in total. The van der Waals surface area contributed by atoms with Crippen molar-refractivity contribution in [2.24, 2.45) is 0 Å². The van der Waals surface area contributed by atoms with E-state index in [9.17, 15) is 0 Å². The molecule has 0 unspecified atom stereocenters. The first-order valence-corrected chi connectivity index (χ1v) is 13.2. The van der Waals surface area contributed by atoms with Gasteiger partial charge in [0.25, 0.3) is 0 Å². The van der Waals surface area contributed by atoms with Gasteiger partial charge in [-0.05, 0) is 60.3 Å². The molecule has 0 aliphatic rings. The van der Waals surface area contributed by atoms with E-state index in [0.29, 0.717) is 0 Å². The van der Waals surface area contributed by atoms with Crippen LogP contribution in [0.5, 0.6) is 0 Å². The van der Waals surface area contributed by atoms with E-state index >= 15 is 0 Å². The second-order valence-electron chi connectivity index (χ2n) is 8.13. The Balaban J connectivity index is 1.93. The maximum Gasteiger partial charge on any atom is 0.192 e. The topological polar surface area (TPSA) is 12.5 Å². The van der Waals surface area contributed by atoms with Gasteiger partial charge in [0.2, 0.25) is 0 Å². The Morgan fingerprint density at radius 2 is 1.77 bits per heavy atom. The minimum absolute atomic E-state index is 0.264. The van der Waals surface area contributed by atoms with Crippen molar-refractivity contribution < 1.29 is 4.43 Å². The SMILES string of the molecule is CCN(CCO[Si](C)(C)C(C)(C)C)c1ccc(/C=C/c2cccs2)cc1. The fraction of sp³-hybridized carbons (Fsp3) is 0.455. The average molecular weight is 388 g/mol. The smallest absolute Gasteiger partial charge is 0.192 e. The van der Waals surface area contributed by atoms with Gasteiger partial charge in [0.1, 0.15) is 0 Å². The van der Waals surface area contributed by atoms with Crippen molar-refractivity contribution in [2.75, 3.05) is 24.6 Å². The van der Waals surface area contributed by atoms with Crippen LogP contribution in [0.1, 0.15) is 38.1 Å². The van der Waals surface area contributed by atoms with Gasteiger partial charge < -0.3 is 9.33 Å². The van der Waals surface area contributed by atoms with Gasteiger partial charge in [0.15, 0.2) is 8.32 Å². The van der Waals surface area contributed by atoms with Gasteiger partial charge in [0.05, 0.1) is 6.61 Å². The molecule has 1 aromatic carbocycles. The Labute approximate surface area is 164 Å². The molecule has 1 aromatic heterocycles. The van der Waals surface area contributed by atoms with E-state index < -0.39 is 8.32 Å². The minimum atomic E-state index is -1.67. The van der Waals surface area contributed by atoms with E-state index in [1.807, 2.05) is 0 Å². The number of hydrogen-bond donors (Lipinski definition) is 0. The molecule has 2 rings (SSSR count). The molecular formula is C22H33NOSSi. The summed E-state index contributed by atoms with van der Waals surface area (Å²) in [5.41, 5.74) is 2.50. The lowest BCUT2D eigenvalue weighted by Crippen LogP contribution is -2.42. The van der Waals surface area contributed by atoms with E-state index in [2.05, 4.69) is 99.6 Å². The molecule has 0 spiro atoms. The first-order valence-electron chi connectivity index (χ1n) is 9.43. The third-order valence-electron chi connectivity index (χ3n) is 5.25. The summed E-state index contributed by atoms with van der Waals surface area (Å²) in [6.45, 7) is 16.4. The fourth-order valence-corrected chi connectivity index (χ4v) is 4.11. The highest BCUT2D eigenvalue weighted by Gasteiger charge is 2.36. The third-order valence-corrected chi connectivity index (χ3v) is 10.6. The van der Waals surface area contributed by atoms with Gasteiger partial charge in [-0.15, -0.1) is 11.3 Å². The fourth-order valence-electron chi connectivity index (χ4n) is 2.46. The van der Waals surface area contributed by atoms with Gasteiger partial charge >= 0.3 is 0 Å². The van der Waals surface area contributed by atoms with Crippen LogP contribution in [0.3, 0.4) is 0 Å². The minimum Gasteiger partial charge on any atom is -0.415 e. The number of nitrogens with zero attached hydrogens (tertiary/aromatic N) is 1. The molecule has 0 saturated carbocycles. The summed E-state index contributed by atoms with van der Waals surface area (Å²) in [6, 6.07) is 13.0. The quantitative estimate of drug-likeness (QED) is 0.464. The number of benzene rings is 1. The monoisotopic (exact) mass is 387 g/mol. The Bertz CT molecular complexity index is 684. The summed E-state index contributed by atoms with van der Waals surface area (Å²) in [5, 5.41) is 2.37. The van der Waals surface area contributed by atoms with Gasteiger partial charge in [0, 0.05) is 23.7 Å². The van der Waals surface area contributed by atoms with Crippen LogP contribution in [0.4, 0.5) is 5.69 Å². The Kier molecular flexibility index (Phi) is 7.27. The third kappa shape index (κ3) is 5.83. The Morgan fingerprint density at radius 1 is 1.08 bits per heavy atom. The van der Waals surface area contributed by atoms with Crippen LogP contribution in [0, 0.1) is 0 Å². The van der Waals surface area contributed by atoms with Gasteiger partial charge in [-0.25, -0.2) is 0 Å². The lowest BCUT2D eigenvalue weighted by molar-refractivity contribution is 0.294. The largest absolute Gasteiger partial charge is 0.415 e. The second kappa shape index (κ2) is 9.02. The molecule has 26 heavy (non-hydrogen) atoms. The molecule has 0 radical (unpaired) electrons. The summed E-state index contributed by atoms with van der Waals surface area (Å²) in [7, 11) is -1.67. The van der Waals surface area contributed by atoms with Crippen molar-refractivity contribution >= 4 is 37.5 Å². The summed E-state index contributed by atoms with van der Waals surface area (Å²) in [6.07, 6.45) is 4.34. The predicted molar refractivity (Wildman–Crippen MR) is 121 cm³/mol. The van der Waals surface area contributed by atoms with Crippen molar-refractivity contribution in [3.05, 3.63) is 52.2 Å². The zero-order valence-electron chi connectivity index (χ0n) is 17.1. The normalized spacial score (nSPS) is 12.7. The molecule has 0 bridgehead atoms. The zero-order chi connectivity index (χ0) is 19.2. The van der Waals surface area contributed by atoms with Crippen LogP contribution >= 0.6 is 11.3 Å². The highest BCUT2D eigenvalue weighted by Crippen LogP contribution is 2.36. The maximum absolute atomic E-state index is 6.34. The van der Waals surface area contributed by atoms with E-state index in [0.717, 1.165) is 19.7 Å². The lowest BCUT2D eigenvalue weighted by atomic mass is 10.1. The van der Waals surface area contributed by atoms with E-state index in [-0.39, 0.29) is 5.04 Å². The van der Waals surface area contributed by atoms with Crippen molar-refractivity contribution in [3.63, 3.8) is 0 Å². The van der Waals surface area contributed by atoms with Crippen molar-refractivity contribution in [1.82, 2.24) is 0 Å². The number of thiophene rings is 1. The van der Waals surface area contributed by atoms with Crippen LogP contribution in [-0.4, -0.2) is 28.0 Å². The molecule has 0 saturated heterocycles. The Hall–Kier alpha value is -1.36. The number of rotatable bonds is 8. The summed E-state index contributed by atoms with van der Waals surface area (Å²) >= 11 is 1.76. The highest BCUT2D eigenvalue weighted by atomic mass is 32.1. The molecule has 0 aliphatic heterocycles. The molecule has 0 amide bonds.